The first kappa shape index (κ1) is 14.7. The van der Waals surface area contributed by atoms with Gasteiger partial charge in [0.2, 0.25) is 0 Å². The van der Waals surface area contributed by atoms with Gasteiger partial charge in [-0.25, -0.2) is 23.6 Å². The molecular weight excluding hydrogens is 351 g/mol. The number of nitrogen functional groups attached to an aromatic ring is 1. The van der Waals surface area contributed by atoms with E-state index in [0.717, 1.165) is 6.07 Å². The zero-order chi connectivity index (χ0) is 14.8. The molecule has 0 aliphatic carbocycles. The number of nitrogens with two attached hydrogens (primary N) is 1. The molecule has 0 spiro atoms. The molecule has 106 valence electrons. The Morgan fingerprint density at radius 2 is 2.00 bits per heavy atom. The van der Waals surface area contributed by atoms with Gasteiger partial charge in [-0.15, -0.1) is 0 Å². The molecule has 20 heavy (non-hydrogen) atoms. The van der Waals surface area contributed by atoms with Crippen molar-refractivity contribution in [2.24, 2.45) is 5.84 Å². The van der Waals surface area contributed by atoms with Gasteiger partial charge in [-0.3, -0.25) is 4.72 Å². The number of rotatable bonds is 4. The number of hydrazine groups is 1. The molecule has 0 saturated heterocycles. The van der Waals surface area contributed by atoms with Gasteiger partial charge in [-0.2, -0.15) is 0 Å². The number of halogens is 2. The largest absolute Gasteiger partial charge is 0.308 e. The number of pyridine rings is 1. The lowest BCUT2D eigenvalue weighted by Crippen LogP contribution is -2.15. The fourth-order valence-corrected chi connectivity index (χ4v) is 2.87. The smallest absolute Gasteiger partial charge is 0.262 e. The van der Waals surface area contributed by atoms with Gasteiger partial charge in [-0.05, 0) is 40.2 Å². The van der Waals surface area contributed by atoms with Crippen LogP contribution in [0.1, 0.15) is 0 Å². The zero-order valence-electron chi connectivity index (χ0n) is 9.97. The van der Waals surface area contributed by atoms with Crippen molar-refractivity contribution in [1.82, 2.24) is 4.98 Å². The molecule has 0 fully saturated rings. The number of hydrogen-bond donors (Lipinski definition) is 3. The van der Waals surface area contributed by atoms with Crippen LogP contribution in [0.5, 0.6) is 0 Å². The summed E-state index contributed by atoms with van der Waals surface area (Å²) < 4.78 is 39.9. The van der Waals surface area contributed by atoms with E-state index in [9.17, 15) is 12.8 Å². The Hall–Kier alpha value is -1.71. The second kappa shape index (κ2) is 5.73. The Kier molecular flexibility index (Phi) is 4.21. The van der Waals surface area contributed by atoms with Crippen LogP contribution in [-0.2, 0) is 10.0 Å². The van der Waals surface area contributed by atoms with Gasteiger partial charge in [-0.1, -0.05) is 0 Å². The molecule has 6 nitrogen and oxygen atoms in total. The first-order chi connectivity index (χ1) is 9.42. The standard InChI is InChI=1S/C11H10BrFN4O2S/c12-9-5-7(1-2-10(9)13)17-20(18,19)8-3-4-15-11(6-8)16-14/h1-6,17H,14H2,(H,15,16). The first-order valence-electron chi connectivity index (χ1n) is 5.33. The number of anilines is 2. The molecule has 4 N–H and O–H groups in total. The first-order valence-corrected chi connectivity index (χ1v) is 7.60. The molecule has 0 unspecified atom stereocenters. The molecule has 0 bridgehead atoms. The molecule has 0 aliphatic heterocycles. The van der Waals surface area contributed by atoms with Crippen molar-refractivity contribution in [3.63, 3.8) is 0 Å². The highest BCUT2D eigenvalue weighted by Gasteiger charge is 2.15. The predicted molar refractivity (Wildman–Crippen MR) is 77.0 cm³/mol. The third-order valence-corrected chi connectivity index (χ3v) is 4.35. The Morgan fingerprint density at radius 3 is 2.65 bits per heavy atom. The number of aromatic nitrogens is 1. The van der Waals surface area contributed by atoms with Crippen LogP contribution in [0.3, 0.4) is 0 Å². The Morgan fingerprint density at radius 1 is 1.25 bits per heavy atom. The lowest BCUT2D eigenvalue weighted by atomic mass is 10.3. The number of nitrogens with one attached hydrogen (secondary N) is 2. The third kappa shape index (κ3) is 3.24. The highest BCUT2D eigenvalue weighted by atomic mass is 79.9. The summed E-state index contributed by atoms with van der Waals surface area (Å²) in [6.07, 6.45) is 1.31. The van der Waals surface area contributed by atoms with Crippen molar-refractivity contribution in [3.05, 3.63) is 46.8 Å². The lowest BCUT2D eigenvalue weighted by Gasteiger charge is -2.09. The maximum atomic E-state index is 13.1. The monoisotopic (exact) mass is 360 g/mol. The maximum Gasteiger partial charge on any atom is 0.262 e. The summed E-state index contributed by atoms with van der Waals surface area (Å²) in [6.45, 7) is 0. The van der Waals surface area contributed by atoms with Crippen LogP contribution in [0.4, 0.5) is 15.9 Å². The third-order valence-electron chi connectivity index (χ3n) is 2.36. The Labute approximate surface area is 123 Å². The van der Waals surface area contributed by atoms with Crippen LogP contribution in [-0.4, -0.2) is 13.4 Å². The minimum Gasteiger partial charge on any atom is -0.308 e. The molecule has 0 atom stereocenters. The fraction of sp³-hybridized carbons (Fsp3) is 0. The normalized spacial score (nSPS) is 11.2. The van der Waals surface area contributed by atoms with Crippen molar-refractivity contribution >= 4 is 37.5 Å². The van der Waals surface area contributed by atoms with Gasteiger partial charge in [0.05, 0.1) is 15.1 Å². The van der Waals surface area contributed by atoms with Gasteiger partial charge >= 0.3 is 0 Å². The van der Waals surface area contributed by atoms with Crippen molar-refractivity contribution in [2.75, 3.05) is 10.1 Å². The predicted octanol–water partition coefficient (Wildman–Crippen LogP) is 2.07. The summed E-state index contributed by atoms with van der Waals surface area (Å²) in [5, 5.41) is 0. The topological polar surface area (TPSA) is 97.1 Å². The van der Waals surface area contributed by atoms with Crippen LogP contribution in [0.15, 0.2) is 45.9 Å². The van der Waals surface area contributed by atoms with E-state index in [2.05, 4.69) is 31.1 Å². The minimum absolute atomic E-state index is 0.0131. The van der Waals surface area contributed by atoms with Crippen LogP contribution in [0.2, 0.25) is 0 Å². The Bertz CT molecular complexity index is 739. The second-order valence-electron chi connectivity index (χ2n) is 3.76. The highest BCUT2D eigenvalue weighted by molar-refractivity contribution is 9.10. The molecule has 2 aromatic rings. The second-order valence-corrected chi connectivity index (χ2v) is 6.29. The van der Waals surface area contributed by atoms with Gasteiger partial charge in [0, 0.05) is 12.3 Å². The van der Waals surface area contributed by atoms with E-state index in [1.54, 1.807) is 0 Å². The molecule has 1 heterocycles. The number of benzene rings is 1. The van der Waals surface area contributed by atoms with Crippen molar-refractivity contribution in [3.8, 4) is 0 Å². The molecule has 1 aromatic carbocycles. The quantitative estimate of drug-likeness (QED) is 0.572. The van der Waals surface area contributed by atoms with Crippen molar-refractivity contribution < 1.29 is 12.8 Å². The van der Waals surface area contributed by atoms with E-state index >= 15 is 0 Å². The van der Waals surface area contributed by atoms with Crippen LogP contribution >= 0.6 is 15.9 Å². The van der Waals surface area contributed by atoms with E-state index < -0.39 is 15.8 Å². The highest BCUT2D eigenvalue weighted by Crippen LogP contribution is 2.23. The van der Waals surface area contributed by atoms with Gasteiger partial charge in [0.1, 0.15) is 11.6 Å². The summed E-state index contributed by atoms with van der Waals surface area (Å²) >= 11 is 2.99. The van der Waals surface area contributed by atoms with Gasteiger partial charge in [0.15, 0.2) is 0 Å². The lowest BCUT2D eigenvalue weighted by molar-refractivity contribution is 0.600. The number of hydrogen-bond acceptors (Lipinski definition) is 5. The van der Waals surface area contributed by atoms with E-state index in [4.69, 9.17) is 5.84 Å². The minimum atomic E-state index is -3.80. The maximum absolute atomic E-state index is 13.1. The average Bonchev–Trinajstić information content (AvgIpc) is 2.43. The van der Waals surface area contributed by atoms with Crippen LogP contribution in [0.25, 0.3) is 0 Å². The molecule has 0 aliphatic rings. The summed E-state index contributed by atoms with van der Waals surface area (Å²) in [6, 6.07) is 6.40. The van der Waals surface area contributed by atoms with E-state index in [1.807, 2.05) is 0 Å². The number of nitrogens with zero attached hydrogens (tertiary/aromatic N) is 1. The fourth-order valence-electron chi connectivity index (χ4n) is 1.43. The van der Waals surface area contributed by atoms with Crippen LogP contribution in [0, 0.1) is 5.82 Å². The molecule has 0 amide bonds. The SMILES string of the molecule is NNc1cc(S(=O)(=O)Nc2ccc(F)c(Br)c2)ccn1. The summed E-state index contributed by atoms with van der Waals surface area (Å²) in [5.74, 6) is 4.91. The summed E-state index contributed by atoms with van der Waals surface area (Å²) in [7, 11) is -3.80. The molecule has 2 rings (SSSR count). The molecule has 0 radical (unpaired) electrons. The van der Waals surface area contributed by atoms with E-state index in [1.165, 1.54) is 30.5 Å². The van der Waals surface area contributed by atoms with Crippen molar-refractivity contribution in [2.45, 2.75) is 4.90 Å². The average molecular weight is 361 g/mol. The molecule has 1 aromatic heterocycles. The Balaban J connectivity index is 2.32. The summed E-state index contributed by atoms with van der Waals surface area (Å²) in [5.41, 5.74) is 2.49. The van der Waals surface area contributed by atoms with Crippen LogP contribution < -0.4 is 16.0 Å². The van der Waals surface area contributed by atoms with E-state index in [0.29, 0.717) is 0 Å². The van der Waals surface area contributed by atoms with Crippen molar-refractivity contribution in [1.29, 1.82) is 0 Å². The molecule has 0 saturated carbocycles. The molecule has 9 heteroatoms. The summed E-state index contributed by atoms with van der Waals surface area (Å²) in [4.78, 5) is 3.81. The van der Waals surface area contributed by atoms with Gasteiger partial charge in [0.25, 0.3) is 10.0 Å². The van der Waals surface area contributed by atoms with E-state index in [-0.39, 0.29) is 20.9 Å². The number of sulfonamides is 1. The molecular formula is C11H10BrFN4O2S. The van der Waals surface area contributed by atoms with Gasteiger partial charge < -0.3 is 5.43 Å². The zero-order valence-corrected chi connectivity index (χ0v) is 12.4.